The molecule has 1 aliphatic rings. The number of aromatic carboxylic acids is 1. The molecule has 0 saturated heterocycles. The predicted octanol–water partition coefficient (Wildman–Crippen LogP) is 2.90. The quantitative estimate of drug-likeness (QED) is 0.899. The van der Waals surface area contributed by atoms with Crippen molar-refractivity contribution in [3.8, 4) is 0 Å². The fraction of sp³-hybridized carbons (Fsp3) is 0.462. The fourth-order valence-corrected chi connectivity index (χ4v) is 2.09. The minimum absolute atomic E-state index is 0.108. The summed E-state index contributed by atoms with van der Waals surface area (Å²) in [5, 5.41) is 8.71. The first kappa shape index (κ1) is 12.8. The molecule has 1 atom stereocenters. The van der Waals surface area contributed by atoms with Crippen molar-refractivity contribution in [2.24, 2.45) is 5.92 Å². The molecule has 0 aromatic heterocycles. The summed E-state index contributed by atoms with van der Waals surface area (Å²) >= 11 is 0. The maximum absolute atomic E-state index is 13.8. The Morgan fingerprint density at radius 2 is 2.00 bits per heavy atom. The van der Waals surface area contributed by atoms with Crippen LogP contribution in [0.15, 0.2) is 12.1 Å². The Bertz CT molecular complexity index is 486. The second-order valence-electron chi connectivity index (χ2n) is 4.75. The number of carboxylic acid groups (broad SMARTS) is 1. The lowest BCUT2D eigenvalue weighted by Gasteiger charge is -2.27. The number of benzene rings is 1. The van der Waals surface area contributed by atoms with Crippen molar-refractivity contribution in [2.75, 3.05) is 11.9 Å². The van der Waals surface area contributed by atoms with E-state index in [9.17, 15) is 13.6 Å². The minimum atomic E-state index is -1.46. The highest BCUT2D eigenvalue weighted by Gasteiger charge is 2.32. The molecule has 3 nitrogen and oxygen atoms in total. The Hall–Kier alpha value is -1.65. The summed E-state index contributed by atoms with van der Waals surface area (Å²) in [6.45, 7) is 1.96. The molecule has 1 N–H and O–H groups in total. The zero-order valence-corrected chi connectivity index (χ0v) is 10.3. The maximum Gasteiger partial charge on any atom is 0.338 e. The van der Waals surface area contributed by atoms with E-state index in [0.29, 0.717) is 5.92 Å². The summed E-state index contributed by atoms with van der Waals surface area (Å²) in [6.07, 6.45) is 2.20. The molecule has 1 saturated carbocycles. The van der Waals surface area contributed by atoms with Crippen LogP contribution in [-0.4, -0.2) is 24.2 Å². The predicted molar refractivity (Wildman–Crippen MR) is 63.9 cm³/mol. The third kappa shape index (κ3) is 2.17. The molecule has 18 heavy (non-hydrogen) atoms. The van der Waals surface area contributed by atoms with E-state index in [0.717, 1.165) is 18.9 Å². The molecule has 1 fully saturated rings. The highest BCUT2D eigenvalue weighted by atomic mass is 19.2. The SMILES string of the molecule is CC(C1CC1)N(C)c1ccc(C(=O)O)c(F)c1F. The van der Waals surface area contributed by atoms with Crippen molar-refractivity contribution in [2.45, 2.75) is 25.8 Å². The van der Waals surface area contributed by atoms with E-state index < -0.39 is 23.2 Å². The van der Waals surface area contributed by atoms with Gasteiger partial charge < -0.3 is 10.0 Å². The second-order valence-corrected chi connectivity index (χ2v) is 4.75. The average Bonchev–Trinajstić information content (AvgIpc) is 3.14. The number of nitrogens with zero attached hydrogens (tertiary/aromatic N) is 1. The van der Waals surface area contributed by atoms with Crippen LogP contribution >= 0.6 is 0 Å². The Morgan fingerprint density at radius 1 is 1.39 bits per heavy atom. The van der Waals surface area contributed by atoms with Crippen LogP contribution in [0.2, 0.25) is 0 Å². The Labute approximate surface area is 104 Å². The smallest absolute Gasteiger partial charge is 0.338 e. The zero-order valence-electron chi connectivity index (χ0n) is 10.3. The van der Waals surface area contributed by atoms with Crippen molar-refractivity contribution < 1.29 is 18.7 Å². The molecule has 98 valence electrons. The van der Waals surface area contributed by atoms with Gasteiger partial charge in [-0.3, -0.25) is 0 Å². The van der Waals surface area contributed by atoms with Gasteiger partial charge in [0.15, 0.2) is 11.6 Å². The molecule has 1 aromatic carbocycles. The summed E-state index contributed by atoms with van der Waals surface area (Å²) in [5.74, 6) is -3.34. The van der Waals surface area contributed by atoms with Crippen molar-refractivity contribution in [3.05, 3.63) is 29.3 Å². The van der Waals surface area contributed by atoms with Crippen LogP contribution in [-0.2, 0) is 0 Å². The molecule has 1 aromatic rings. The molecule has 0 bridgehead atoms. The molecule has 5 heteroatoms. The van der Waals surface area contributed by atoms with Gasteiger partial charge in [-0.2, -0.15) is 0 Å². The number of halogens is 2. The molecule has 0 radical (unpaired) electrons. The molecule has 0 heterocycles. The van der Waals surface area contributed by atoms with Crippen LogP contribution < -0.4 is 4.90 Å². The summed E-state index contributed by atoms with van der Waals surface area (Å²) in [7, 11) is 1.70. The minimum Gasteiger partial charge on any atom is -0.478 e. The van der Waals surface area contributed by atoms with Gasteiger partial charge in [0, 0.05) is 13.1 Å². The van der Waals surface area contributed by atoms with E-state index in [4.69, 9.17) is 5.11 Å². The van der Waals surface area contributed by atoms with E-state index in [-0.39, 0.29) is 11.7 Å². The van der Waals surface area contributed by atoms with Crippen LogP contribution in [0.1, 0.15) is 30.1 Å². The van der Waals surface area contributed by atoms with Crippen LogP contribution in [0, 0.1) is 17.6 Å². The molecule has 1 aliphatic carbocycles. The van der Waals surface area contributed by atoms with Gasteiger partial charge in [-0.15, -0.1) is 0 Å². The van der Waals surface area contributed by atoms with Gasteiger partial charge >= 0.3 is 5.97 Å². The monoisotopic (exact) mass is 255 g/mol. The molecule has 0 aliphatic heterocycles. The number of rotatable bonds is 4. The van der Waals surface area contributed by atoms with E-state index in [1.54, 1.807) is 11.9 Å². The number of anilines is 1. The van der Waals surface area contributed by atoms with Crippen molar-refractivity contribution >= 4 is 11.7 Å². The third-order valence-electron chi connectivity index (χ3n) is 3.59. The average molecular weight is 255 g/mol. The van der Waals surface area contributed by atoms with Crippen molar-refractivity contribution in [1.82, 2.24) is 0 Å². The number of carboxylic acids is 1. The van der Waals surface area contributed by atoms with E-state index in [1.807, 2.05) is 6.92 Å². The largest absolute Gasteiger partial charge is 0.478 e. The normalized spacial score (nSPS) is 16.4. The van der Waals surface area contributed by atoms with Crippen molar-refractivity contribution in [1.29, 1.82) is 0 Å². The first-order chi connectivity index (χ1) is 8.43. The Kier molecular flexibility index (Phi) is 3.24. The zero-order chi connectivity index (χ0) is 13.4. The lowest BCUT2D eigenvalue weighted by Crippen LogP contribution is -2.31. The van der Waals surface area contributed by atoms with Crippen LogP contribution in [0.25, 0.3) is 0 Å². The van der Waals surface area contributed by atoms with Gasteiger partial charge in [0.2, 0.25) is 0 Å². The van der Waals surface area contributed by atoms with E-state index in [2.05, 4.69) is 0 Å². The number of hydrogen-bond donors (Lipinski definition) is 1. The van der Waals surface area contributed by atoms with Gasteiger partial charge in [-0.25, -0.2) is 13.6 Å². The van der Waals surface area contributed by atoms with Gasteiger partial charge in [0.25, 0.3) is 0 Å². The third-order valence-corrected chi connectivity index (χ3v) is 3.59. The number of carbonyl (C=O) groups is 1. The first-order valence-corrected chi connectivity index (χ1v) is 5.87. The summed E-state index contributed by atoms with van der Waals surface area (Å²) in [5.41, 5.74) is -0.527. The van der Waals surface area contributed by atoms with Crippen LogP contribution in [0.5, 0.6) is 0 Å². The molecular formula is C13H15F2NO2. The second kappa shape index (κ2) is 4.55. The van der Waals surface area contributed by atoms with Gasteiger partial charge in [0.05, 0.1) is 11.3 Å². The van der Waals surface area contributed by atoms with E-state index >= 15 is 0 Å². The lowest BCUT2D eigenvalue weighted by atomic mass is 10.1. The molecule has 0 spiro atoms. The van der Waals surface area contributed by atoms with Crippen molar-refractivity contribution in [3.63, 3.8) is 0 Å². The molecular weight excluding hydrogens is 240 g/mol. The molecule has 0 amide bonds. The van der Waals surface area contributed by atoms with Gasteiger partial charge in [-0.1, -0.05) is 0 Å². The topological polar surface area (TPSA) is 40.5 Å². The maximum atomic E-state index is 13.8. The van der Waals surface area contributed by atoms with Gasteiger partial charge in [0.1, 0.15) is 0 Å². The fourth-order valence-electron chi connectivity index (χ4n) is 2.09. The highest BCUT2D eigenvalue weighted by Crippen LogP contribution is 2.37. The summed E-state index contributed by atoms with van der Waals surface area (Å²) in [6, 6.07) is 2.54. The highest BCUT2D eigenvalue weighted by molar-refractivity contribution is 5.88. The molecule has 2 rings (SSSR count). The van der Waals surface area contributed by atoms with Crippen LogP contribution in [0.4, 0.5) is 14.5 Å². The van der Waals surface area contributed by atoms with Gasteiger partial charge in [-0.05, 0) is 37.8 Å². The summed E-state index contributed by atoms with van der Waals surface area (Å²) < 4.78 is 27.4. The summed E-state index contributed by atoms with van der Waals surface area (Å²) in [4.78, 5) is 12.4. The Balaban J connectivity index is 2.34. The van der Waals surface area contributed by atoms with Crippen LogP contribution in [0.3, 0.4) is 0 Å². The standard InChI is InChI=1S/C13H15F2NO2/c1-7(8-3-4-8)16(2)10-6-5-9(13(17)18)11(14)12(10)15/h5-8H,3-4H2,1-2H3,(H,17,18). The van der Waals surface area contributed by atoms with E-state index in [1.165, 1.54) is 6.07 Å². The molecule has 1 unspecified atom stereocenters. The first-order valence-electron chi connectivity index (χ1n) is 5.87. The lowest BCUT2D eigenvalue weighted by molar-refractivity contribution is 0.0690. The number of hydrogen-bond acceptors (Lipinski definition) is 2. The Morgan fingerprint density at radius 3 is 2.50 bits per heavy atom.